The molecule has 0 fully saturated rings. The summed E-state index contributed by atoms with van der Waals surface area (Å²) < 4.78 is 17.2. The molecule has 1 N–H and O–H groups in total. The summed E-state index contributed by atoms with van der Waals surface area (Å²) in [5, 5.41) is 9.64. The first-order chi connectivity index (χ1) is 30.6. The highest BCUT2D eigenvalue weighted by molar-refractivity contribution is 5.72. The molecule has 2 unspecified atom stereocenters. The number of nitrogens with zero attached hydrogens (tertiary/aromatic N) is 1. The monoisotopic (exact) mass is 877 g/mol. The van der Waals surface area contributed by atoms with Gasteiger partial charge in [-0.1, -0.05) is 162 Å². The van der Waals surface area contributed by atoms with Gasteiger partial charge in [0.2, 0.25) is 0 Å². The lowest BCUT2D eigenvalue weighted by Crippen LogP contribution is -2.50. The van der Waals surface area contributed by atoms with E-state index in [9.17, 15) is 19.5 Å². The molecule has 0 amide bonds. The number of rotatable bonds is 42. The average molecular weight is 877 g/mol. The van der Waals surface area contributed by atoms with Crippen LogP contribution in [0, 0.1) is 0 Å². The number of ether oxygens (including phenoxy) is 3. The molecule has 2 atom stereocenters. The Kier molecular flexibility index (Phi) is 41.8. The third-order valence-electron chi connectivity index (χ3n) is 10.2. The van der Waals surface area contributed by atoms with Gasteiger partial charge in [0.15, 0.2) is 12.1 Å². The largest absolute Gasteiger partial charge is 0.477 e. The Bertz CT molecular complexity index is 1390. The van der Waals surface area contributed by atoms with E-state index in [-0.39, 0.29) is 42.7 Å². The Hall–Kier alpha value is -4.01. The van der Waals surface area contributed by atoms with E-state index in [2.05, 4.69) is 123 Å². The number of carbonyl (C=O) groups is 3. The molecule has 0 radical (unpaired) electrons. The standard InChI is InChI=1S/C55H89NO7/c1-6-8-10-12-14-16-18-20-22-24-25-26-27-28-30-32-34-36-38-40-42-44-46-54(58)63-51(49-61-48-47-52(55(59)60)56(3,4)5)50-62-53(57)45-43-41-39-37-35-33-31-29-23-21-19-17-15-13-11-9-7-2/h8,10,14-17,20-23,25-26,28,30-31,33,37,39,51-52H,6-7,9,11-13,18-19,24,27,29,32,34-36,38,40-50H2,1-5H3/p+1/b10-8+,16-14+,17-15+,22-20+,23-21+,26-25+,30-28+,33-31+,39-37+. The van der Waals surface area contributed by atoms with Gasteiger partial charge < -0.3 is 23.8 Å². The van der Waals surface area contributed by atoms with Gasteiger partial charge in [-0.3, -0.25) is 9.59 Å². The van der Waals surface area contributed by atoms with Gasteiger partial charge in [-0.05, 0) is 96.3 Å². The van der Waals surface area contributed by atoms with Crippen molar-refractivity contribution in [1.29, 1.82) is 0 Å². The van der Waals surface area contributed by atoms with E-state index < -0.39 is 18.1 Å². The van der Waals surface area contributed by atoms with Gasteiger partial charge in [-0.25, -0.2) is 4.79 Å². The molecule has 63 heavy (non-hydrogen) atoms. The molecule has 0 aliphatic rings. The van der Waals surface area contributed by atoms with E-state index in [4.69, 9.17) is 14.2 Å². The maximum absolute atomic E-state index is 12.8. The molecule has 0 aliphatic heterocycles. The Labute approximate surface area is 385 Å². The summed E-state index contributed by atoms with van der Waals surface area (Å²) in [5.41, 5.74) is 0. The second kappa shape index (κ2) is 44.6. The molecule has 0 aromatic rings. The number of carbonyl (C=O) groups excluding carboxylic acids is 2. The van der Waals surface area contributed by atoms with Gasteiger partial charge in [0, 0.05) is 19.3 Å². The first-order valence-corrected chi connectivity index (χ1v) is 24.4. The third kappa shape index (κ3) is 43.0. The molecular formula is C55H90NO7+. The predicted molar refractivity (Wildman–Crippen MR) is 266 cm³/mol. The summed E-state index contributed by atoms with van der Waals surface area (Å²) in [6, 6.07) is -0.633. The van der Waals surface area contributed by atoms with Gasteiger partial charge in [0.25, 0.3) is 0 Å². The first kappa shape index (κ1) is 59.0. The minimum absolute atomic E-state index is 0.0304. The SMILES string of the molecule is CC/C=C/C/C=C/C/C=C/C/C=C/C/C=C/CCCCCCCCC(=O)OC(COCCC(C(=O)O)[N+](C)(C)C)COC(=O)CCC/C=C/C/C=C/C/C=C/C/C=C/CCCCC. The molecule has 8 heteroatoms. The highest BCUT2D eigenvalue weighted by atomic mass is 16.6. The van der Waals surface area contributed by atoms with Gasteiger partial charge >= 0.3 is 17.9 Å². The fourth-order valence-corrected chi connectivity index (χ4v) is 6.40. The van der Waals surface area contributed by atoms with Crippen LogP contribution in [0.3, 0.4) is 0 Å². The van der Waals surface area contributed by atoms with Crippen molar-refractivity contribution in [2.24, 2.45) is 0 Å². The van der Waals surface area contributed by atoms with Crippen molar-refractivity contribution in [3.63, 3.8) is 0 Å². The third-order valence-corrected chi connectivity index (χ3v) is 10.2. The van der Waals surface area contributed by atoms with Crippen LogP contribution >= 0.6 is 0 Å². The topological polar surface area (TPSA) is 99.1 Å². The average Bonchev–Trinajstić information content (AvgIpc) is 3.24. The van der Waals surface area contributed by atoms with E-state index in [0.717, 1.165) is 89.9 Å². The van der Waals surface area contributed by atoms with E-state index in [1.165, 1.54) is 38.5 Å². The summed E-state index contributed by atoms with van der Waals surface area (Å²) in [7, 11) is 5.50. The van der Waals surface area contributed by atoms with Crippen molar-refractivity contribution >= 4 is 17.9 Å². The smallest absolute Gasteiger partial charge is 0.362 e. The molecule has 356 valence electrons. The van der Waals surface area contributed by atoms with Crippen LogP contribution in [0.1, 0.15) is 168 Å². The highest BCUT2D eigenvalue weighted by Gasteiger charge is 2.31. The molecule has 0 saturated heterocycles. The lowest BCUT2D eigenvalue weighted by atomic mass is 10.1. The molecule has 0 saturated carbocycles. The highest BCUT2D eigenvalue weighted by Crippen LogP contribution is 2.12. The number of carboxylic acids is 1. The van der Waals surface area contributed by atoms with Crippen LogP contribution in [0.15, 0.2) is 109 Å². The molecular weight excluding hydrogens is 787 g/mol. The molecule has 0 aliphatic carbocycles. The van der Waals surface area contributed by atoms with Gasteiger partial charge in [-0.15, -0.1) is 0 Å². The second-order valence-electron chi connectivity index (χ2n) is 17.0. The number of carboxylic acid groups (broad SMARTS) is 1. The Morgan fingerprint density at radius 2 is 0.905 bits per heavy atom. The number of esters is 2. The summed E-state index contributed by atoms with van der Waals surface area (Å²) in [5.74, 6) is -1.57. The van der Waals surface area contributed by atoms with Crippen LogP contribution in [0.4, 0.5) is 0 Å². The fourth-order valence-electron chi connectivity index (χ4n) is 6.40. The number of allylic oxidation sites excluding steroid dienone is 18. The van der Waals surface area contributed by atoms with Crippen molar-refractivity contribution < 1.29 is 38.2 Å². The van der Waals surface area contributed by atoms with Gasteiger partial charge in [0.05, 0.1) is 34.4 Å². The van der Waals surface area contributed by atoms with Crippen LogP contribution in [0.5, 0.6) is 0 Å². The second-order valence-corrected chi connectivity index (χ2v) is 17.0. The number of likely N-dealkylation sites (N-methyl/N-ethyl adjacent to an activating group) is 1. The molecule has 0 rings (SSSR count). The summed E-state index contributed by atoms with van der Waals surface area (Å²) in [4.78, 5) is 37.1. The lowest BCUT2D eigenvalue weighted by molar-refractivity contribution is -0.887. The van der Waals surface area contributed by atoms with Crippen molar-refractivity contribution in [2.75, 3.05) is 41.0 Å². The maximum Gasteiger partial charge on any atom is 0.362 e. The minimum atomic E-state index is -0.889. The number of unbranched alkanes of at least 4 members (excludes halogenated alkanes) is 10. The number of aliphatic carboxylic acids is 1. The molecule has 0 spiro atoms. The van der Waals surface area contributed by atoms with Crippen LogP contribution in [-0.4, -0.2) is 80.6 Å². The Balaban J connectivity index is 4.42. The van der Waals surface area contributed by atoms with E-state index >= 15 is 0 Å². The number of hydrogen-bond donors (Lipinski definition) is 1. The van der Waals surface area contributed by atoms with Crippen molar-refractivity contribution in [3.8, 4) is 0 Å². The van der Waals surface area contributed by atoms with Crippen LogP contribution in [-0.2, 0) is 28.6 Å². The Morgan fingerprint density at radius 3 is 1.37 bits per heavy atom. The minimum Gasteiger partial charge on any atom is -0.477 e. The molecule has 0 aromatic heterocycles. The number of quaternary nitrogens is 1. The maximum atomic E-state index is 12.8. The van der Waals surface area contributed by atoms with Crippen LogP contribution in [0.25, 0.3) is 0 Å². The number of hydrogen-bond acceptors (Lipinski definition) is 6. The molecule has 0 aromatic carbocycles. The predicted octanol–water partition coefficient (Wildman–Crippen LogP) is 14.0. The fraction of sp³-hybridized carbons (Fsp3) is 0.618. The molecule has 0 bridgehead atoms. The zero-order chi connectivity index (χ0) is 46.3. The normalized spacial score (nSPS) is 13.9. The van der Waals surface area contributed by atoms with E-state index in [0.29, 0.717) is 19.3 Å². The van der Waals surface area contributed by atoms with Gasteiger partial charge in [0.1, 0.15) is 6.61 Å². The van der Waals surface area contributed by atoms with Crippen molar-refractivity contribution in [2.45, 2.75) is 180 Å². The zero-order valence-electron chi connectivity index (χ0n) is 40.5. The van der Waals surface area contributed by atoms with Crippen molar-refractivity contribution in [1.82, 2.24) is 0 Å². The quantitative estimate of drug-likeness (QED) is 0.0282. The van der Waals surface area contributed by atoms with Crippen LogP contribution in [0.2, 0.25) is 0 Å². The van der Waals surface area contributed by atoms with E-state index in [1.807, 2.05) is 21.1 Å². The summed E-state index contributed by atoms with van der Waals surface area (Å²) in [6.07, 6.45) is 61.4. The van der Waals surface area contributed by atoms with Crippen molar-refractivity contribution in [3.05, 3.63) is 109 Å². The summed E-state index contributed by atoms with van der Waals surface area (Å²) >= 11 is 0. The Morgan fingerprint density at radius 1 is 0.492 bits per heavy atom. The zero-order valence-corrected chi connectivity index (χ0v) is 40.5. The van der Waals surface area contributed by atoms with Crippen LogP contribution < -0.4 is 0 Å². The lowest BCUT2D eigenvalue weighted by Gasteiger charge is -2.31. The molecule has 0 heterocycles. The van der Waals surface area contributed by atoms with E-state index in [1.54, 1.807) is 0 Å². The van der Waals surface area contributed by atoms with Gasteiger partial charge in [-0.2, -0.15) is 0 Å². The molecule has 8 nitrogen and oxygen atoms in total. The summed E-state index contributed by atoms with van der Waals surface area (Å²) in [6.45, 7) is 4.50. The first-order valence-electron chi connectivity index (χ1n) is 24.4.